The molecule has 2 heterocycles. The van der Waals surface area contributed by atoms with E-state index in [0.717, 1.165) is 30.2 Å². The average Bonchev–Trinajstić information content (AvgIpc) is 3.27. The minimum atomic E-state index is -0.0145. The molecule has 1 aliphatic carbocycles. The van der Waals surface area contributed by atoms with E-state index in [9.17, 15) is 4.79 Å². The van der Waals surface area contributed by atoms with Crippen LogP contribution in [0.3, 0.4) is 0 Å². The summed E-state index contributed by atoms with van der Waals surface area (Å²) in [6.07, 6.45) is 7.88. The Morgan fingerprint density at radius 2 is 1.96 bits per heavy atom. The maximum Gasteiger partial charge on any atom is 0.251 e. The Hall–Kier alpha value is -2.40. The van der Waals surface area contributed by atoms with Gasteiger partial charge in [0.15, 0.2) is 0 Å². The second-order valence-electron chi connectivity index (χ2n) is 7.48. The first-order valence-electron chi connectivity index (χ1n) is 9.36. The quantitative estimate of drug-likeness (QED) is 0.649. The number of carbonyl (C=O) groups excluding carboxylic acids is 1. The van der Waals surface area contributed by atoms with Crippen molar-refractivity contribution in [1.29, 1.82) is 0 Å². The van der Waals surface area contributed by atoms with Crippen LogP contribution in [-0.4, -0.2) is 21.5 Å². The lowest BCUT2D eigenvalue weighted by Crippen LogP contribution is -2.44. The summed E-state index contributed by atoms with van der Waals surface area (Å²) in [6, 6.07) is 16.4. The van der Waals surface area contributed by atoms with Crippen LogP contribution in [0.2, 0.25) is 0 Å². The summed E-state index contributed by atoms with van der Waals surface area (Å²) in [5, 5.41) is 3.23. The number of nitrogens with one attached hydrogen (secondary N) is 1. The number of benzene rings is 2. The fraction of sp³-hybridized carbons (Fsp3) is 0.273. The molecule has 136 valence electrons. The van der Waals surface area contributed by atoms with E-state index in [1.807, 2.05) is 36.8 Å². The van der Waals surface area contributed by atoms with Gasteiger partial charge in [0.25, 0.3) is 5.91 Å². The van der Waals surface area contributed by atoms with Crippen molar-refractivity contribution in [3.8, 4) is 11.3 Å². The Morgan fingerprint density at radius 1 is 1.15 bits per heavy atom. The molecule has 0 unspecified atom stereocenters. The van der Waals surface area contributed by atoms with E-state index < -0.39 is 0 Å². The fourth-order valence-electron chi connectivity index (χ4n) is 4.73. The molecule has 1 aliphatic heterocycles. The number of halogens is 1. The lowest BCUT2D eigenvalue weighted by molar-refractivity contribution is 0.0913. The largest absolute Gasteiger partial charge is 0.349 e. The van der Waals surface area contributed by atoms with Gasteiger partial charge >= 0.3 is 0 Å². The van der Waals surface area contributed by atoms with Crippen LogP contribution >= 0.6 is 15.9 Å². The number of fused-ring (bicyclic) bond motifs is 5. The molecular formula is C22H20BrN3O. The number of rotatable bonds is 2. The Bertz CT molecular complexity index is 1020. The zero-order chi connectivity index (χ0) is 18.4. The van der Waals surface area contributed by atoms with Crippen molar-refractivity contribution in [2.45, 2.75) is 37.3 Å². The molecule has 5 rings (SSSR count). The lowest BCUT2D eigenvalue weighted by Gasteiger charge is -2.39. The van der Waals surface area contributed by atoms with Crippen molar-refractivity contribution in [2.75, 3.05) is 0 Å². The van der Waals surface area contributed by atoms with E-state index in [4.69, 9.17) is 0 Å². The molecule has 0 atom stereocenters. The maximum atomic E-state index is 12.6. The van der Waals surface area contributed by atoms with Crippen LogP contribution in [0.15, 0.2) is 65.5 Å². The minimum absolute atomic E-state index is 0.00684. The molecule has 1 fully saturated rings. The zero-order valence-electron chi connectivity index (χ0n) is 14.9. The van der Waals surface area contributed by atoms with Gasteiger partial charge < -0.3 is 9.88 Å². The van der Waals surface area contributed by atoms with Crippen molar-refractivity contribution >= 4 is 21.8 Å². The summed E-state index contributed by atoms with van der Waals surface area (Å²) in [5.41, 5.74) is 4.60. The molecule has 1 N–H and O–H groups in total. The van der Waals surface area contributed by atoms with E-state index in [1.165, 1.54) is 16.8 Å². The number of amides is 1. The van der Waals surface area contributed by atoms with Crippen LogP contribution in [-0.2, 0) is 5.54 Å². The van der Waals surface area contributed by atoms with Gasteiger partial charge in [-0.25, -0.2) is 4.98 Å². The van der Waals surface area contributed by atoms with Gasteiger partial charge in [0.05, 0.1) is 23.8 Å². The van der Waals surface area contributed by atoms with Crippen molar-refractivity contribution in [3.63, 3.8) is 0 Å². The molecule has 1 saturated carbocycles. The number of imidazole rings is 1. The number of aromatic nitrogens is 2. The summed E-state index contributed by atoms with van der Waals surface area (Å²) in [4.78, 5) is 17.0. The first kappa shape index (κ1) is 16.8. The van der Waals surface area contributed by atoms with E-state index >= 15 is 0 Å². The highest BCUT2D eigenvalue weighted by molar-refractivity contribution is 9.10. The summed E-state index contributed by atoms with van der Waals surface area (Å²) in [7, 11) is 0. The molecule has 5 heteroatoms. The highest BCUT2D eigenvalue weighted by Crippen LogP contribution is 2.50. The molecule has 1 amide bonds. The lowest BCUT2D eigenvalue weighted by atomic mass is 9.75. The van der Waals surface area contributed by atoms with Gasteiger partial charge in [-0.2, -0.15) is 0 Å². The van der Waals surface area contributed by atoms with Crippen LogP contribution in [0.4, 0.5) is 0 Å². The SMILES string of the molecule is O=C(NC1CCC2(CC1)c1ccccc1-c1cncn12)c1cccc(Br)c1. The number of hydrogen-bond donors (Lipinski definition) is 1. The normalized spacial score (nSPS) is 23.1. The van der Waals surface area contributed by atoms with E-state index in [1.54, 1.807) is 0 Å². The molecule has 2 aromatic carbocycles. The summed E-state index contributed by atoms with van der Waals surface area (Å²) in [6.45, 7) is 0. The zero-order valence-corrected chi connectivity index (χ0v) is 16.4. The molecule has 0 radical (unpaired) electrons. The fourth-order valence-corrected chi connectivity index (χ4v) is 5.13. The predicted molar refractivity (Wildman–Crippen MR) is 109 cm³/mol. The second kappa shape index (κ2) is 6.34. The summed E-state index contributed by atoms with van der Waals surface area (Å²) in [5.74, 6) is 0.00684. The molecule has 3 aromatic rings. The van der Waals surface area contributed by atoms with Crippen LogP contribution in [0, 0.1) is 0 Å². The molecule has 0 bridgehead atoms. The monoisotopic (exact) mass is 421 g/mol. The third kappa shape index (κ3) is 2.64. The number of hydrogen-bond acceptors (Lipinski definition) is 2. The number of carbonyl (C=O) groups is 1. The Morgan fingerprint density at radius 3 is 2.78 bits per heavy atom. The van der Waals surface area contributed by atoms with Crippen molar-refractivity contribution < 1.29 is 4.79 Å². The molecule has 1 spiro atoms. The van der Waals surface area contributed by atoms with Crippen LogP contribution in [0.5, 0.6) is 0 Å². The highest BCUT2D eigenvalue weighted by Gasteiger charge is 2.45. The molecule has 4 nitrogen and oxygen atoms in total. The minimum Gasteiger partial charge on any atom is -0.349 e. The Labute approximate surface area is 166 Å². The van der Waals surface area contributed by atoms with Gasteiger partial charge in [0, 0.05) is 21.6 Å². The number of nitrogens with zero attached hydrogens (tertiary/aromatic N) is 2. The Kier molecular flexibility index (Phi) is 3.93. The highest BCUT2D eigenvalue weighted by atomic mass is 79.9. The van der Waals surface area contributed by atoms with Gasteiger partial charge in [-0.05, 0) is 49.4 Å². The van der Waals surface area contributed by atoms with Gasteiger partial charge in [0.2, 0.25) is 0 Å². The van der Waals surface area contributed by atoms with Crippen LogP contribution < -0.4 is 5.32 Å². The van der Waals surface area contributed by atoms with Crippen molar-refractivity contribution in [1.82, 2.24) is 14.9 Å². The third-order valence-corrected chi connectivity index (χ3v) is 6.53. The topological polar surface area (TPSA) is 46.9 Å². The first-order valence-corrected chi connectivity index (χ1v) is 10.2. The first-order chi connectivity index (χ1) is 13.2. The van der Waals surface area contributed by atoms with E-state index in [2.05, 4.69) is 55.1 Å². The molecule has 0 saturated heterocycles. The smallest absolute Gasteiger partial charge is 0.251 e. The van der Waals surface area contributed by atoms with Gasteiger partial charge in [-0.15, -0.1) is 0 Å². The van der Waals surface area contributed by atoms with Crippen molar-refractivity contribution in [3.05, 3.63) is 76.7 Å². The van der Waals surface area contributed by atoms with E-state index in [0.29, 0.717) is 5.56 Å². The molecular weight excluding hydrogens is 402 g/mol. The summed E-state index contributed by atoms with van der Waals surface area (Å²) < 4.78 is 3.28. The van der Waals surface area contributed by atoms with Gasteiger partial charge in [-0.3, -0.25) is 4.79 Å². The standard InChI is InChI=1S/C22H20BrN3O/c23-16-5-3-4-15(12-16)21(27)25-17-8-10-22(11-9-17)19-7-2-1-6-18(19)20-13-24-14-26(20)22/h1-7,12-14,17H,8-11H2,(H,25,27). The molecule has 2 aliphatic rings. The maximum absolute atomic E-state index is 12.6. The van der Waals surface area contributed by atoms with Crippen LogP contribution in [0.25, 0.3) is 11.3 Å². The predicted octanol–water partition coefficient (Wildman–Crippen LogP) is 4.74. The summed E-state index contributed by atoms with van der Waals surface area (Å²) >= 11 is 3.43. The molecule has 27 heavy (non-hydrogen) atoms. The van der Waals surface area contributed by atoms with Gasteiger partial charge in [-0.1, -0.05) is 46.3 Å². The Balaban J connectivity index is 1.36. The molecule has 1 aromatic heterocycles. The average molecular weight is 422 g/mol. The van der Waals surface area contributed by atoms with Gasteiger partial charge in [0.1, 0.15) is 0 Å². The third-order valence-electron chi connectivity index (χ3n) is 6.04. The second-order valence-corrected chi connectivity index (χ2v) is 8.40. The van der Waals surface area contributed by atoms with Crippen LogP contribution in [0.1, 0.15) is 41.6 Å². The van der Waals surface area contributed by atoms with E-state index in [-0.39, 0.29) is 17.5 Å². The van der Waals surface area contributed by atoms with Crippen molar-refractivity contribution in [2.24, 2.45) is 0 Å².